The SMILES string of the molecule is CS(=O)(=O)N(CC(=O)N/N=C\c1ccc(Cl)c(Cl)c1)c1ccccc1Cl. The third kappa shape index (κ3) is 5.60. The minimum absolute atomic E-state index is 0.209. The van der Waals surface area contributed by atoms with Crippen molar-refractivity contribution in [3.63, 3.8) is 0 Å². The number of amides is 1. The van der Waals surface area contributed by atoms with E-state index >= 15 is 0 Å². The highest BCUT2D eigenvalue weighted by molar-refractivity contribution is 7.92. The van der Waals surface area contributed by atoms with Gasteiger partial charge in [-0.2, -0.15) is 5.10 Å². The Hall–Kier alpha value is -1.80. The summed E-state index contributed by atoms with van der Waals surface area (Å²) in [5.74, 6) is -0.633. The first-order chi connectivity index (χ1) is 12.2. The lowest BCUT2D eigenvalue weighted by Crippen LogP contribution is -2.39. The Morgan fingerprint density at radius 2 is 1.81 bits per heavy atom. The molecular weight excluding hydrogens is 421 g/mol. The maximum atomic E-state index is 12.1. The quantitative estimate of drug-likeness (QED) is 0.558. The number of hydrazone groups is 1. The Kier molecular flexibility index (Phi) is 6.88. The molecule has 0 bridgehead atoms. The van der Waals surface area contributed by atoms with E-state index in [1.54, 1.807) is 30.3 Å². The van der Waals surface area contributed by atoms with Gasteiger partial charge < -0.3 is 0 Å². The molecule has 0 fully saturated rings. The molecule has 138 valence electrons. The van der Waals surface area contributed by atoms with Crippen LogP contribution in [-0.4, -0.2) is 33.3 Å². The monoisotopic (exact) mass is 433 g/mol. The summed E-state index contributed by atoms with van der Waals surface area (Å²) >= 11 is 17.7. The lowest BCUT2D eigenvalue weighted by atomic mass is 10.2. The molecule has 1 amide bonds. The van der Waals surface area contributed by atoms with E-state index < -0.39 is 22.5 Å². The molecule has 2 aromatic carbocycles. The van der Waals surface area contributed by atoms with E-state index in [0.29, 0.717) is 15.6 Å². The zero-order valence-electron chi connectivity index (χ0n) is 13.5. The number of nitrogens with one attached hydrogen (secondary N) is 1. The number of sulfonamides is 1. The molecule has 0 spiro atoms. The Labute approximate surface area is 166 Å². The van der Waals surface area contributed by atoms with Crippen molar-refractivity contribution in [2.45, 2.75) is 0 Å². The third-order valence-electron chi connectivity index (χ3n) is 3.16. The number of carbonyl (C=O) groups excluding carboxylic acids is 1. The van der Waals surface area contributed by atoms with Crippen LogP contribution in [0, 0.1) is 0 Å². The van der Waals surface area contributed by atoms with Gasteiger partial charge in [0.1, 0.15) is 6.54 Å². The second-order valence-corrected chi connectivity index (χ2v) is 8.32. The smallest absolute Gasteiger partial charge is 0.260 e. The fraction of sp³-hybridized carbons (Fsp3) is 0.125. The van der Waals surface area contributed by atoms with Crippen LogP contribution in [0.25, 0.3) is 0 Å². The van der Waals surface area contributed by atoms with Gasteiger partial charge in [-0.25, -0.2) is 13.8 Å². The molecule has 1 N–H and O–H groups in total. The molecule has 2 aromatic rings. The number of hydrogen-bond acceptors (Lipinski definition) is 4. The first kappa shape index (κ1) is 20.5. The minimum atomic E-state index is -3.72. The average Bonchev–Trinajstić information content (AvgIpc) is 2.56. The molecule has 2 rings (SSSR count). The van der Waals surface area contributed by atoms with Gasteiger partial charge in [-0.05, 0) is 29.8 Å². The first-order valence-electron chi connectivity index (χ1n) is 7.17. The number of para-hydroxylation sites is 1. The topological polar surface area (TPSA) is 78.8 Å². The molecule has 0 saturated heterocycles. The van der Waals surface area contributed by atoms with Gasteiger partial charge in [0.2, 0.25) is 10.0 Å². The van der Waals surface area contributed by atoms with Crippen molar-refractivity contribution in [2.24, 2.45) is 5.10 Å². The van der Waals surface area contributed by atoms with Crippen LogP contribution in [0.2, 0.25) is 15.1 Å². The van der Waals surface area contributed by atoms with Crippen LogP contribution in [0.1, 0.15) is 5.56 Å². The van der Waals surface area contributed by atoms with Crippen molar-refractivity contribution in [1.82, 2.24) is 5.43 Å². The molecule has 0 radical (unpaired) electrons. The fourth-order valence-corrected chi connectivity index (χ4v) is 3.44. The van der Waals surface area contributed by atoms with Gasteiger partial charge in [0, 0.05) is 0 Å². The van der Waals surface area contributed by atoms with Gasteiger partial charge in [-0.3, -0.25) is 9.10 Å². The lowest BCUT2D eigenvalue weighted by molar-refractivity contribution is -0.119. The van der Waals surface area contributed by atoms with Gasteiger partial charge in [0.05, 0.1) is 33.2 Å². The predicted molar refractivity (Wildman–Crippen MR) is 106 cm³/mol. The molecule has 0 aliphatic carbocycles. The van der Waals surface area contributed by atoms with Crippen LogP contribution in [-0.2, 0) is 14.8 Å². The van der Waals surface area contributed by atoms with Gasteiger partial charge in [0.15, 0.2) is 0 Å². The maximum absolute atomic E-state index is 12.1. The molecule has 0 unspecified atom stereocenters. The number of halogens is 3. The summed E-state index contributed by atoms with van der Waals surface area (Å²) in [5, 5.41) is 4.75. The minimum Gasteiger partial charge on any atom is -0.271 e. The second-order valence-electron chi connectivity index (χ2n) is 5.19. The molecule has 6 nitrogen and oxygen atoms in total. The third-order valence-corrected chi connectivity index (χ3v) is 5.34. The fourth-order valence-electron chi connectivity index (χ4n) is 1.97. The molecular formula is C16H14Cl3N3O3S. The van der Waals surface area contributed by atoms with Crippen LogP contribution in [0.4, 0.5) is 5.69 Å². The van der Waals surface area contributed by atoms with E-state index in [0.717, 1.165) is 10.6 Å². The van der Waals surface area contributed by atoms with Crippen LogP contribution in [0.5, 0.6) is 0 Å². The first-order valence-corrected chi connectivity index (χ1v) is 10.2. The standard InChI is InChI=1S/C16H14Cl3N3O3S/c1-26(24,25)22(15-5-3-2-4-13(15)18)10-16(23)21-20-9-11-6-7-12(17)14(19)8-11/h2-9H,10H2,1H3,(H,21,23)/b20-9-. The maximum Gasteiger partial charge on any atom is 0.260 e. The summed E-state index contributed by atoms with van der Waals surface area (Å²) in [6.07, 6.45) is 2.35. The highest BCUT2D eigenvalue weighted by atomic mass is 35.5. The number of hydrogen-bond donors (Lipinski definition) is 1. The van der Waals surface area contributed by atoms with Crippen molar-refractivity contribution in [3.8, 4) is 0 Å². The Morgan fingerprint density at radius 3 is 2.42 bits per heavy atom. The van der Waals surface area contributed by atoms with Gasteiger partial charge in [-0.1, -0.05) is 53.0 Å². The molecule has 0 aliphatic heterocycles. The normalized spacial score (nSPS) is 11.5. The molecule has 0 aliphatic rings. The Morgan fingerprint density at radius 1 is 1.12 bits per heavy atom. The van der Waals surface area contributed by atoms with Gasteiger partial charge in [-0.15, -0.1) is 0 Å². The zero-order chi connectivity index (χ0) is 19.3. The van der Waals surface area contributed by atoms with E-state index in [4.69, 9.17) is 34.8 Å². The number of rotatable bonds is 6. The molecule has 26 heavy (non-hydrogen) atoms. The second kappa shape index (κ2) is 8.73. The largest absolute Gasteiger partial charge is 0.271 e. The zero-order valence-corrected chi connectivity index (χ0v) is 16.6. The predicted octanol–water partition coefficient (Wildman–Crippen LogP) is 3.56. The summed E-state index contributed by atoms with van der Waals surface area (Å²) in [6, 6.07) is 11.2. The highest BCUT2D eigenvalue weighted by Crippen LogP contribution is 2.26. The molecule has 0 aromatic heterocycles. The van der Waals surface area contributed by atoms with E-state index in [-0.39, 0.29) is 10.7 Å². The van der Waals surface area contributed by atoms with Crippen molar-refractivity contribution in [3.05, 3.63) is 63.1 Å². The number of benzene rings is 2. The number of anilines is 1. The summed E-state index contributed by atoms with van der Waals surface area (Å²) < 4.78 is 24.9. The average molecular weight is 435 g/mol. The van der Waals surface area contributed by atoms with Crippen LogP contribution in [0.3, 0.4) is 0 Å². The van der Waals surface area contributed by atoms with E-state index in [1.807, 2.05) is 0 Å². The van der Waals surface area contributed by atoms with Crippen LogP contribution in [0.15, 0.2) is 47.6 Å². The molecule has 0 heterocycles. The summed E-state index contributed by atoms with van der Waals surface area (Å²) in [4.78, 5) is 12.1. The Bertz CT molecular complexity index is 949. The Balaban J connectivity index is 2.09. The van der Waals surface area contributed by atoms with Crippen molar-refractivity contribution >= 4 is 62.6 Å². The lowest BCUT2D eigenvalue weighted by Gasteiger charge is -2.22. The van der Waals surface area contributed by atoms with E-state index in [9.17, 15) is 13.2 Å². The van der Waals surface area contributed by atoms with Crippen LogP contribution >= 0.6 is 34.8 Å². The summed E-state index contributed by atoms with van der Waals surface area (Å²) in [5.41, 5.74) is 3.09. The summed E-state index contributed by atoms with van der Waals surface area (Å²) in [6.45, 7) is -0.471. The van der Waals surface area contributed by atoms with Crippen molar-refractivity contribution < 1.29 is 13.2 Å². The number of carbonyl (C=O) groups is 1. The van der Waals surface area contributed by atoms with Gasteiger partial charge in [0.25, 0.3) is 5.91 Å². The summed E-state index contributed by atoms with van der Waals surface area (Å²) in [7, 11) is -3.72. The van der Waals surface area contributed by atoms with Crippen molar-refractivity contribution in [2.75, 3.05) is 17.1 Å². The number of nitrogens with zero attached hydrogens (tertiary/aromatic N) is 2. The van der Waals surface area contributed by atoms with E-state index in [1.165, 1.54) is 18.3 Å². The molecule has 10 heteroatoms. The highest BCUT2D eigenvalue weighted by Gasteiger charge is 2.22. The van der Waals surface area contributed by atoms with E-state index in [2.05, 4.69) is 10.5 Å². The van der Waals surface area contributed by atoms with Crippen molar-refractivity contribution in [1.29, 1.82) is 0 Å². The van der Waals surface area contributed by atoms with Crippen LogP contribution < -0.4 is 9.73 Å². The molecule has 0 atom stereocenters. The molecule has 0 saturated carbocycles. The van der Waals surface area contributed by atoms with Gasteiger partial charge >= 0.3 is 0 Å².